The topological polar surface area (TPSA) is 73.6 Å². The summed E-state index contributed by atoms with van der Waals surface area (Å²) < 4.78 is 12.4. The van der Waals surface area contributed by atoms with Crippen LogP contribution < -0.4 is 9.47 Å². The largest absolute Gasteiger partial charge is 0.497 e. The molecule has 0 fully saturated rings. The smallest absolute Gasteiger partial charge is 0.339 e. The molecule has 0 saturated carbocycles. The average molecular weight is 262 g/mol. The SMILES string of the molecule is CCn1ccnc1Oc1cc(OC)ccc1C(=O)O. The first-order valence-electron chi connectivity index (χ1n) is 5.76. The van der Waals surface area contributed by atoms with E-state index in [1.165, 1.54) is 19.2 Å². The molecule has 0 radical (unpaired) electrons. The zero-order chi connectivity index (χ0) is 13.8. The molecule has 0 amide bonds. The summed E-state index contributed by atoms with van der Waals surface area (Å²) in [6.07, 6.45) is 3.36. The molecule has 1 heterocycles. The third kappa shape index (κ3) is 2.67. The summed E-state index contributed by atoms with van der Waals surface area (Å²) in [5, 5.41) is 9.14. The zero-order valence-electron chi connectivity index (χ0n) is 10.7. The van der Waals surface area contributed by atoms with Crippen molar-refractivity contribution < 1.29 is 19.4 Å². The van der Waals surface area contributed by atoms with E-state index in [4.69, 9.17) is 14.6 Å². The molecule has 0 aliphatic heterocycles. The number of methoxy groups -OCH3 is 1. The molecule has 6 nitrogen and oxygen atoms in total. The van der Waals surface area contributed by atoms with Crippen LogP contribution >= 0.6 is 0 Å². The number of benzene rings is 1. The van der Waals surface area contributed by atoms with Crippen LogP contribution in [0.4, 0.5) is 0 Å². The van der Waals surface area contributed by atoms with E-state index in [-0.39, 0.29) is 11.3 Å². The van der Waals surface area contributed by atoms with Crippen molar-refractivity contribution >= 4 is 5.97 Å². The summed E-state index contributed by atoms with van der Waals surface area (Å²) >= 11 is 0. The molecule has 19 heavy (non-hydrogen) atoms. The first-order valence-corrected chi connectivity index (χ1v) is 5.76. The van der Waals surface area contributed by atoms with Gasteiger partial charge in [-0.2, -0.15) is 0 Å². The predicted octanol–water partition coefficient (Wildman–Crippen LogP) is 2.40. The highest BCUT2D eigenvalue weighted by atomic mass is 16.5. The van der Waals surface area contributed by atoms with Crippen molar-refractivity contribution in [2.24, 2.45) is 0 Å². The van der Waals surface area contributed by atoms with Crippen molar-refractivity contribution in [3.8, 4) is 17.5 Å². The Bertz CT molecular complexity index is 592. The highest BCUT2D eigenvalue weighted by molar-refractivity contribution is 5.91. The Balaban J connectivity index is 2.39. The molecule has 2 aromatic rings. The van der Waals surface area contributed by atoms with E-state index in [0.29, 0.717) is 18.3 Å². The van der Waals surface area contributed by atoms with E-state index in [1.54, 1.807) is 23.0 Å². The van der Waals surface area contributed by atoms with Crippen molar-refractivity contribution in [3.05, 3.63) is 36.2 Å². The van der Waals surface area contributed by atoms with Crippen molar-refractivity contribution in [1.29, 1.82) is 0 Å². The van der Waals surface area contributed by atoms with Crippen LogP contribution in [0.15, 0.2) is 30.6 Å². The lowest BCUT2D eigenvalue weighted by atomic mass is 10.2. The third-order valence-corrected chi connectivity index (χ3v) is 2.64. The van der Waals surface area contributed by atoms with Gasteiger partial charge in [0, 0.05) is 25.0 Å². The molecule has 0 unspecified atom stereocenters. The molecule has 0 bridgehead atoms. The minimum Gasteiger partial charge on any atom is -0.497 e. The van der Waals surface area contributed by atoms with E-state index < -0.39 is 5.97 Å². The monoisotopic (exact) mass is 262 g/mol. The number of carboxylic acid groups (broad SMARTS) is 1. The number of aryl methyl sites for hydroxylation is 1. The van der Waals surface area contributed by atoms with E-state index in [2.05, 4.69) is 4.98 Å². The molecule has 0 aliphatic carbocycles. The lowest BCUT2D eigenvalue weighted by molar-refractivity contribution is 0.0694. The fourth-order valence-electron chi connectivity index (χ4n) is 1.63. The van der Waals surface area contributed by atoms with Gasteiger partial charge in [-0.3, -0.25) is 0 Å². The Morgan fingerprint density at radius 3 is 2.89 bits per heavy atom. The summed E-state index contributed by atoms with van der Waals surface area (Å²) in [5.74, 6) is -0.338. The molecule has 0 atom stereocenters. The van der Waals surface area contributed by atoms with E-state index in [1.807, 2.05) is 6.92 Å². The number of aromatic nitrogens is 2. The van der Waals surface area contributed by atoms with Crippen molar-refractivity contribution in [2.75, 3.05) is 7.11 Å². The summed E-state index contributed by atoms with van der Waals surface area (Å²) in [4.78, 5) is 15.2. The van der Waals surface area contributed by atoms with Gasteiger partial charge in [-0.05, 0) is 19.1 Å². The second-order valence-electron chi connectivity index (χ2n) is 3.77. The van der Waals surface area contributed by atoms with Gasteiger partial charge >= 0.3 is 12.0 Å². The number of carbonyl (C=O) groups is 1. The first kappa shape index (κ1) is 12.9. The molecule has 6 heteroatoms. The Kier molecular flexibility index (Phi) is 3.70. The number of imidazole rings is 1. The normalized spacial score (nSPS) is 10.2. The lowest BCUT2D eigenvalue weighted by Crippen LogP contribution is -2.03. The average Bonchev–Trinajstić information content (AvgIpc) is 2.85. The summed E-state index contributed by atoms with van der Waals surface area (Å²) in [5.41, 5.74) is 0.0615. The maximum Gasteiger partial charge on any atom is 0.339 e. The minimum absolute atomic E-state index is 0.0615. The molecule has 0 aliphatic rings. The third-order valence-electron chi connectivity index (χ3n) is 2.64. The molecular formula is C13H14N2O4. The number of ether oxygens (including phenoxy) is 2. The van der Waals surface area contributed by atoms with E-state index in [9.17, 15) is 4.79 Å². The number of carboxylic acids is 1. The van der Waals surface area contributed by atoms with Gasteiger partial charge < -0.3 is 19.1 Å². The fraction of sp³-hybridized carbons (Fsp3) is 0.231. The van der Waals surface area contributed by atoms with Crippen molar-refractivity contribution in [1.82, 2.24) is 9.55 Å². The van der Waals surface area contributed by atoms with E-state index in [0.717, 1.165) is 0 Å². The zero-order valence-corrected chi connectivity index (χ0v) is 10.7. The number of nitrogens with zero attached hydrogens (tertiary/aromatic N) is 2. The predicted molar refractivity (Wildman–Crippen MR) is 67.9 cm³/mol. The van der Waals surface area contributed by atoms with Gasteiger partial charge in [0.05, 0.1) is 7.11 Å². The molecule has 0 saturated heterocycles. The van der Waals surface area contributed by atoms with Crippen LogP contribution in [0.2, 0.25) is 0 Å². The maximum atomic E-state index is 11.2. The number of hydrogen-bond acceptors (Lipinski definition) is 4. The van der Waals surface area contributed by atoms with Crippen LogP contribution in [0.25, 0.3) is 0 Å². The van der Waals surface area contributed by atoms with E-state index >= 15 is 0 Å². The molecule has 0 spiro atoms. The number of hydrogen-bond donors (Lipinski definition) is 1. The Hall–Kier alpha value is -2.50. The van der Waals surface area contributed by atoms with Crippen molar-refractivity contribution in [3.63, 3.8) is 0 Å². The molecule has 1 aromatic carbocycles. The Labute approximate surface area is 110 Å². The van der Waals surface area contributed by atoms with Crippen molar-refractivity contribution in [2.45, 2.75) is 13.5 Å². The Morgan fingerprint density at radius 1 is 1.47 bits per heavy atom. The van der Waals surface area contributed by atoms with Crippen LogP contribution in [-0.2, 0) is 6.54 Å². The van der Waals surface area contributed by atoms with Gasteiger partial charge in [-0.1, -0.05) is 0 Å². The maximum absolute atomic E-state index is 11.2. The Morgan fingerprint density at radius 2 is 2.26 bits per heavy atom. The van der Waals surface area contributed by atoms with Gasteiger partial charge in [0.2, 0.25) is 0 Å². The first-order chi connectivity index (χ1) is 9.15. The van der Waals surface area contributed by atoms with Crippen LogP contribution in [0.1, 0.15) is 17.3 Å². The molecular weight excluding hydrogens is 248 g/mol. The minimum atomic E-state index is -1.06. The molecule has 2 rings (SSSR count). The second-order valence-corrected chi connectivity index (χ2v) is 3.77. The van der Waals surface area contributed by atoms with Gasteiger partial charge in [0.15, 0.2) is 0 Å². The summed E-state index contributed by atoms with van der Waals surface area (Å²) in [6.45, 7) is 2.62. The standard InChI is InChI=1S/C13H14N2O4/c1-3-15-7-6-14-13(15)19-11-8-9(18-2)4-5-10(11)12(16)17/h4-8H,3H2,1-2H3,(H,16,17). The lowest BCUT2D eigenvalue weighted by Gasteiger charge is -2.10. The summed E-state index contributed by atoms with van der Waals surface area (Å²) in [6, 6.07) is 4.88. The quantitative estimate of drug-likeness (QED) is 0.895. The number of aromatic carboxylic acids is 1. The highest BCUT2D eigenvalue weighted by Gasteiger charge is 2.15. The van der Waals surface area contributed by atoms with Gasteiger partial charge in [-0.15, -0.1) is 0 Å². The van der Waals surface area contributed by atoms with Gasteiger partial charge in [0.1, 0.15) is 17.1 Å². The molecule has 1 aromatic heterocycles. The summed E-state index contributed by atoms with van der Waals surface area (Å²) in [7, 11) is 1.51. The molecule has 1 N–H and O–H groups in total. The molecule has 100 valence electrons. The van der Waals surface area contributed by atoms with Crippen LogP contribution in [-0.4, -0.2) is 27.7 Å². The van der Waals surface area contributed by atoms with Gasteiger partial charge in [0.25, 0.3) is 0 Å². The fourth-order valence-corrected chi connectivity index (χ4v) is 1.63. The number of rotatable bonds is 5. The van der Waals surface area contributed by atoms with Crippen LogP contribution in [0.5, 0.6) is 17.5 Å². The highest BCUT2D eigenvalue weighted by Crippen LogP contribution is 2.28. The van der Waals surface area contributed by atoms with Crippen LogP contribution in [0, 0.1) is 0 Å². The van der Waals surface area contributed by atoms with Gasteiger partial charge in [-0.25, -0.2) is 9.78 Å². The second kappa shape index (κ2) is 5.43. The van der Waals surface area contributed by atoms with Crippen LogP contribution in [0.3, 0.4) is 0 Å².